The Balaban J connectivity index is 2.71. The highest BCUT2D eigenvalue weighted by molar-refractivity contribution is 5.63. The second kappa shape index (κ2) is 7.19. The van der Waals surface area contributed by atoms with Crippen LogP contribution < -0.4 is 5.32 Å². The third-order valence-corrected chi connectivity index (χ3v) is 2.35. The highest BCUT2D eigenvalue weighted by atomic mass is 16.6. The van der Waals surface area contributed by atoms with Crippen LogP contribution in [0, 0.1) is 21.4 Å². The van der Waals surface area contributed by atoms with Crippen LogP contribution in [0.5, 0.6) is 0 Å². The molecule has 0 amide bonds. The zero-order valence-electron chi connectivity index (χ0n) is 9.80. The van der Waals surface area contributed by atoms with Crippen molar-refractivity contribution in [3.8, 4) is 6.07 Å². The normalized spacial score (nSPS) is 9.78. The van der Waals surface area contributed by atoms with Crippen molar-refractivity contribution < 1.29 is 10.0 Å². The maximum absolute atomic E-state index is 10.9. The van der Waals surface area contributed by atoms with Crippen LogP contribution in [0.2, 0.25) is 0 Å². The van der Waals surface area contributed by atoms with E-state index in [0.717, 1.165) is 12.8 Å². The van der Waals surface area contributed by atoms with Gasteiger partial charge in [0.2, 0.25) is 5.82 Å². The Kier molecular flexibility index (Phi) is 5.54. The number of aliphatic hydroxyl groups is 1. The number of unbranched alkanes of at least 4 members (excludes halogenated alkanes) is 2. The molecular formula is C11H14N4O3. The number of nitrogens with one attached hydrogen (secondary N) is 1. The minimum absolute atomic E-state index is 0.00661. The van der Waals surface area contributed by atoms with E-state index >= 15 is 0 Å². The van der Waals surface area contributed by atoms with E-state index in [4.69, 9.17) is 10.4 Å². The van der Waals surface area contributed by atoms with Gasteiger partial charge in [-0.05, 0) is 25.3 Å². The lowest BCUT2D eigenvalue weighted by atomic mass is 10.2. The zero-order valence-corrected chi connectivity index (χ0v) is 9.80. The first-order valence-electron chi connectivity index (χ1n) is 5.59. The molecule has 0 aliphatic carbocycles. The molecule has 0 saturated carbocycles. The number of aliphatic hydroxyl groups excluding tert-OH is 1. The Morgan fingerprint density at radius 1 is 1.50 bits per heavy atom. The van der Waals surface area contributed by atoms with Gasteiger partial charge in [0.15, 0.2) is 0 Å². The average Bonchev–Trinajstić information content (AvgIpc) is 2.37. The Labute approximate surface area is 104 Å². The minimum atomic E-state index is -0.610. The van der Waals surface area contributed by atoms with Crippen LogP contribution in [0.4, 0.5) is 11.5 Å². The molecule has 2 N–H and O–H groups in total. The van der Waals surface area contributed by atoms with E-state index in [0.29, 0.717) is 13.0 Å². The van der Waals surface area contributed by atoms with Crippen LogP contribution >= 0.6 is 0 Å². The minimum Gasteiger partial charge on any atom is -0.396 e. The molecule has 0 fully saturated rings. The van der Waals surface area contributed by atoms with Gasteiger partial charge in [0.05, 0.1) is 4.92 Å². The fraction of sp³-hybridized carbons (Fsp3) is 0.455. The molecule has 0 spiro atoms. The van der Waals surface area contributed by atoms with E-state index < -0.39 is 4.92 Å². The van der Waals surface area contributed by atoms with Gasteiger partial charge in [0.1, 0.15) is 11.6 Å². The fourth-order valence-electron chi connectivity index (χ4n) is 1.48. The number of aromatic nitrogens is 1. The number of nitro groups is 1. The van der Waals surface area contributed by atoms with Gasteiger partial charge in [0.25, 0.3) is 0 Å². The van der Waals surface area contributed by atoms with Gasteiger partial charge in [-0.15, -0.1) is 0 Å². The second-order valence-electron chi connectivity index (χ2n) is 3.64. The SMILES string of the molecule is N#Cc1ccnc(NCCCCCO)c1[N+](=O)[O-]. The van der Waals surface area contributed by atoms with E-state index in [2.05, 4.69) is 10.3 Å². The van der Waals surface area contributed by atoms with Crippen LogP contribution in [-0.4, -0.2) is 28.2 Å². The summed E-state index contributed by atoms with van der Waals surface area (Å²) in [6.07, 6.45) is 3.67. The molecule has 0 unspecified atom stereocenters. The Hall–Kier alpha value is -2.20. The molecule has 0 saturated heterocycles. The van der Waals surface area contributed by atoms with Crippen LogP contribution in [-0.2, 0) is 0 Å². The summed E-state index contributed by atoms with van der Waals surface area (Å²) in [4.78, 5) is 14.1. The fourth-order valence-corrected chi connectivity index (χ4v) is 1.48. The number of anilines is 1. The lowest BCUT2D eigenvalue weighted by Gasteiger charge is -2.06. The predicted octanol–water partition coefficient (Wildman–Crippen LogP) is 1.44. The highest BCUT2D eigenvalue weighted by Gasteiger charge is 2.20. The Morgan fingerprint density at radius 3 is 2.89 bits per heavy atom. The standard InChI is InChI=1S/C11H14N4O3/c12-8-9-4-6-14-11(10(9)15(17)18)13-5-2-1-3-7-16/h4,6,16H,1-3,5,7H2,(H,13,14). The van der Waals surface area contributed by atoms with E-state index in [1.165, 1.54) is 12.3 Å². The molecule has 0 bridgehead atoms. The molecule has 0 aromatic carbocycles. The summed E-state index contributed by atoms with van der Waals surface area (Å²) >= 11 is 0. The zero-order chi connectivity index (χ0) is 13.4. The lowest BCUT2D eigenvalue weighted by Crippen LogP contribution is -2.07. The quantitative estimate of drug-likeness (QED) is 0.430. The number of hydrogen-bond acceptors (Lipinski definition) is 6. The third-order valence-electron chi connectivity index (χ3n) is 2.35. The van der Waals surface area contributed by atoms with Crippen LogP contribution in [0.1, 0.15) is 24.8 Å². The summed E-state index contributed by atoms with van der Waals surface area (Å²) < 4.78 is 0. The van der Waals surface area contributed by atoms with Crippen LogP contribution in [0.25, 0.3) is 0 Å². The summed E-state index contributed by atoms with van der Waals surface area (Å²) in [6, 6.07) is 3.09. The van der Waals surface area contributed by atoms with Crippen molar-refractivity contribution in [3.63, 3.8) is 0 Å². The van der Waals surface area contributed by atoms with E-state index in [1.54, 1.807) is 6.07 Å². The van der Waals surface area contributed by atoms with Gasteiger partial charge in [0, 0.05) is 19.3 Å². The predicted molar refractivity (Wildman–Crippen MR) is 65.0 cm³/mol. The number of rotatable bonds is 7. The van der Waals surface area contributed by atoms with Crippen molar-refractivity contribution in [1.29, 1.82) is 5.26 Å². The molecule has 1 aromatic heterocycles. The molecule has 0 atom stereocenters. The number of hydrogen-bond donors (Lipinski definition) is 2. The molecule has 0 aliphatic heterocycles. The molecule has 7 heteroatoms. The summed E-state index contributed by atoms with van der Waals surface area (Å²) in [5.74, 6) is 0.114. The van der Waals surface area contributed by atoms with Gasteiger partial charge < -0.3 is 10.4 Å². The topological polar surface area (TPSA) is 112 Å². The van der Waals surface area contributed by atoms with Gasteiger partial charge in [-0.1, -0.05) is 0 Å². The Morgan fingerprint density at radius 2 is 2.28 bits per heavy atom. The van der Waals surface area contributed by atoms with Crippen molar-refractivity contribution in [3.05, 3.63) is 27.9 Å². The third kappa shape index (κ3) is 3.68. The number of nitriles is 1. The molecule has 1 aromatic rings. The molecular weight excluding hydrogens is 236 g/mol. The van der Waals surface area contributed by atoms with Crippen molar-refractivity contribution in [2.75, 3.05) is 18.5 Å². The van der Waals surface area contributed by atoms with E-state index in [1.807, 2.05) is 0 Å². The van der Waals surface area contributed by atoms with Gasteiger partial charge in [-0.3, -0.25) is 10.1 Å². The van der Waals surface area contributed by atoms with Crippen molar-refractivity contribution in [2.24, 2.45) is 0 Å². The van der Waals surface area contributed by atoms with Crippen LogP contribution in [0.3, 0.4) is 0 Å². The maximum Gasteiger partial charge on any atom is 0.328 e. The summed E-state index contributed by atoms with van der Waals surface area (Å²) in [5, 5.41) is 31.1. The summed E-state index contributed by atoms with van der Waals surface area (Å²) in [5.41, 5.74) is -0.296. The summed E-state index contributed by atoms with van der Waals surface area (Å²) in [6.45, 7) is 0.658. The second-order valence-corrected chi connectivity index (χ2v) is 3.64. The lowest BCUT2D eigenvalue weighted by molar-refractivity contribution is -0.384. The molecule has 1 heterocycles. The van der Waals surface area contributed by atoms with E-state index in [-0.39, 0.29) is 23.7 Å². The molecule has 1 rings (SSSR count). The van der Waals surface area contributed by atoms with Crippen molar-refractivity contribution >= 4 is 11.5 Å². The Bertz CT molecular complexity index is 456. The number of pyridine rings is 1. The monoisotopic (exact) mass is 250 g/mol. The summed E-state index contributed by atoms with van der Waals surface area (Å²) in [7, 11) is 0. The van der Waals surface area contributed by atoms with Crippen LogP contribution in [0.15, 0.2) is 12.3 Å². The van der Waals surface area contributed by atoms with Crippen molar-refractivity contribution in [1.82, 2.24) is 4.98 Å². The van der Waals surface area contributed by atoms with Gasteiger partial charge in [-0.25, -0.2) is 4.98 Å². The molecule has 7 nitrogen and oxygen atoms in total. The molecule has 0 radical (unpaired) electrons. The first-order chi connectivity index (χ1) is 8.70. The highest BCUT2D eigenvalue weighted by Crippen LogP contribution is 2.25. The smallest absolute Gasteiger partial charge is 0.328 e. The first kappa shape index (κ1) is 13.9. The molecule has 0 aliphatic rings. The average molecular weight is 250 g/mol. The number of nitrogens with zero attached hydrogens (tertiary/aromatic N) is 3. The maximum atomic E-state index is 10.9. The largest absolute Gasteiger partial charge is 0.396 e. The van der Waals surface area contributed by atoms with Gasteiger partial charge >= 0.3 is 5.69 Å². The molecule has 18 heavy (non-hydrogen) atoms. The van der Waals surface area contributed by atoms with Crippen molar-refractivity contribution in [2.45, 2.75) is 19.3 Å². The molecule has 96 valence electrons. The van der Waals surface area contributed by atoms with E-state index in [9.17, 15) is 10.1 Å². The van der Waals surface area contributed by atoms with Gasteiger partial charge in [-0.2, -0.15) is 5.26 Å². The first-order valence-corrected chi connectivity index (χ1v) is 5.59.